The summed E-state index contributed by atoms with van der Waals surface area (Å²) in [6.07, 6.45) is -3.83. The fraction of sp³-hybridized carbons (Fsp3) is 0.667. The highest BCUT2D eigenvalue weighted by atomic mass is 19.4. The van der Waals surface area contributed by atoms with Crippen LogP contribution in [-0.2, 0) is 22.1 Å². The van der Waals surface area contributed by atoms with Crippen molar-refractivity contribution in [2.75, 3.05) is 6.61 Å². The lowest BCUT2D eigenvalue weighted by atomic mass is 10.2. The number of carbonyl (C=O) groups excluding carboxylic acids is 1. The number of hydrogen-bond acceptors (Lipinski definition) is 3. The molecule has 0 bridgehead atoms. The zero-order valence-electron chi connectivity index (χ0n) is 11.1. The molecule has 0 N–H and O–H groups in total. The van der Waals surface area contributed by atoms with Gasteiger partial charge in [-0.1, -0.05) is 13.8 Å². The number of carbonyl (C=O) groups is 1. The van der Waals surface area contributed by atoms with Crippen LogP contribution in [-0.4, -0.2) is 22.4 Å². The normalized spacial score (nSPS) is 13.4. The molecule has 4 nitrogen and oxygen atoms in total. The van der Waals surface area contributed by atoms with Crippen LogP contribution in [0.3, 0.4) is 0 Å². The summed E-state index contributed by atoms with van der Waals surface area (Å²) in [4.78, 5) is 11.7. The Hall–Kier alpha value is -1.53. The minimum Gasteiger partial charge on any atom is -0.464 e. The number of aryl methyl sites for hydroxylation is 1. The molecule has 108 valence electrons. The van der Waals surface area contributed by atoms with Crippen molar-refractivity contribution in [3.05, 3.63) is 17.5 Å². The van der Waals surface area contributed by atoms with E-state index in [2.05, 4.69) is 5.10 Å². The summed E-state index contributed by atoms with van der Waals surface area (Å²) in [7, 11) is 0. The average Bonchev–Trinajstić information content (AvgIpc) is 2.74. The predicted octanol–water partition coefficient (Wildman–Crippen LogP) is 2.98. The van der Waals surface area contributed by atoms with E-state index >= 15 is 0 Å². The maximum atomic E-state index is 12.6. The van der Waals surface area contributed by atoms with Crippen LogP contribution < -0.4 is 0 Å². The van der Waals surface area contributed by atoms with E-state index < -0.39 is 23.9 Å². The molecule has 1 aromatic rings. The number of alkyl halides is 3. The third-order valence-corrected chi connectivity index (χ3v) is 2.71. The molecule has 1 atom stereocenters. The molecule has 0 fully saturated rings. The van der Waals surface area contributed by atoms with Gasteiger partial charge in [0.1, 0.15) is 6.04 Å². The summed E-state index contributed by atoms with van der Waals surface area (Å²) in [5.41, 5.74) is -0.612. The second kappa shape index (κ2) is 6.08. The molecule has 0 aromatic carbocycles. The first-order valence-electron chi connectivity index (χ1n) is 6.17. The van der Waals surface area contributed by atoms with Crippen molar-refractivity contribution in [2.45, 2.75) is 45.8 Å². The van der Waals surface area contributed by atoms with E-state index in [0.29, 0.717) is 18.5 Å². The van der Waals surface area contributed by atoms with E-state index in [0.717, 1.165) is 10.7 Å². The number of aromatic nitrogens is 2. The Morgan fingerprint density at radius 2 is 2.05 bits per heavy atom. The Morgan fingerprint density at radius 3 is 2.47 bits per heavy atom. The molecule has 0 unspecified atom stereocenters. The molecule has 0 aliphatic carbocycles. The second-order valence-corrected chi connectivity index (χ2v) is 3.99. The highest BCUT2D eigenvalue weighted by Gasteiger charge is 2.36. The Balaban J connectivity index is 3.16. The van der Waals surface area contributed by atoms with E-state index in [1.807, 2.05) is 0 Å². The lowest BCUT2D eigenvalue weighted by molar-refractivity contribution is -0.149. The lowest BCUT2D eigenvalue weighted by Crippen LogP contribution is -2.24. The molecule has 19 heavy (non-hydrogen) atoms. The molecule has 0 aliphatic heterocycles. The van der Waals surface area contributed by atoms with Gasteiger partial charge in [-0.15, -0.1) is 0 Å². The van der Waals surface area contributed by atoms with Crippen molar-refractivity contribution in [3.63, 3.8) is 0 Å². The van der Waals surface area contributed by atoms with E-state index in [9.17, 15) is 18.0 Å². The molecule has 0 radical (unpaired) electrons. The van der Waals surface area contributed by atoms with Crippen LogP contribution in [0.2, 0.25) is 0 Å². The number of hydrogen-bond donors (Lipinski definition) is 0. The van der Waals surface area contributed by atoms with Crippen LogP contribution in [0.5, 0.6) is 0 Å². The van der Waals surface area contributed by atoms with Crippen LogP contribution in [0.4, 0.5) is 13.2 Å². The van der Waals surface area contributed by atoms with Crippen molar-refractivity contribution in [3.8, 4) is 0 Å². The van der Waals surface area contributed by atoms with Crippen LogP contribution in [0.15, 0.2) is 6.07 Å². The van der Waals surface area contributed by atoms with Gasteiger partial charge in [0.25, 0.3) is 0 Å². The first kappa shape index (κ1) is 15.5. The Bertz CT molecular complexity index is 441. The summed E-state index contributed by atoms with van der Waals surface area (Å²) in [5.74, 6) is -0.559. The van der Waals surface area contributed by atoms with Gasteiger partial charge in [0.15, 0.2) is 5.69 Å². The number of ether oxygens (including phenoxy) is 1. The van der Waals surface area contributed by atoms with Gasteiger partial charge in [0.05, 0.1) is 6.61 Å². The van der Waals surface area contributed by atoms with Gasteiger partial charge in [-0.25, -0.2) is 4.79 Å². The molecule has 0 spiro atoms. The van der Waals surface area contributed by atoms with Gasteiger partial charge in [-0.05, 0) is 25.8 Å². The third-order valence-electron chi connectivity index (χ3n) is 2.71. The highest BCUT2D eigenvalue weighted by Crippen LogP contribution is 2.30. The van der Waals surface area contributed by atoms with E-state index in [4.69, 9.17) is 4.74 Å². The van der Waals surface area contributed by atoms with Crippen molar-refractivity contribution < 1.29 is 22.7 Å². The van der Waals surface area contributed by atoms with Gasteiger partial charge in [0.2, 0.25) is 0 Å². The van der Waals surface area contributed by atoms with Gasteiger partial charge in [-0.2, -0.15) is 18.3 Å². The first-order valence-corrected chi connectivity index (χ1v) is 6.17. The Morgan fingerprint density at radius 1 is 1.42 bits per heavy atom. The Labute approximate surface area is 109 Å². The Kier molecular flexibility index (Phi) is 4.97. The summed E-state index contributed by atoms with van der Waals surface area (Å²) in [6.45, 7) is 5.25. The van der Waals surface area contributed by atoms with Crippen LogP contribution in [0.25, 0.3) is 0 Å². The molecular formula is C12H17F3N2O2. The lowest BCUT2D eigenvalue weighted by Gasteiger charge is -2.16. The van der Waals surface area contributed by atoms with Crippen LogP contribution >= 0.6 is 0 Å². The van der Waals surface area contributed by atoms with Crippen molar-refractivity contribution in [2.24, 2.45) is 0 Å². The third kappa shape index (κ3) is 3.48. The molecular weight excluding hydrogens is 261 g/mol. The van der Waals surface area contributed by atoms with E-state index in [1.54, 1.807) is 20.8 Å². The van der Waals surface area contributed by atoms with Crippen molar-refractivity contribution in [1.82, 2.24) is 9.78 Å². The zero-order valence-corrected chi connectivity index (χ0v) is 11.1. The summed E-state index contributed by atoms with van der Waals surface area (Å²) < 4.78 is 43.9. The fourth-order valence-corrected chi connectivity index (χ4v) is 1.78. The minimum absolute atomic E-state index is 0.185. The van der Waals surface area contributed by atoms with Gasteiger partial charge in [-0.3, -0.25) is 4.68 Å². The summed E-state index contributed by atoms with van der Waals surface area (Å²) in [6, 6.07) is 0.160. The number of rotatable bonds is 5. The fourth-order valence-electron chi connectivity index (χ4n) is 1.78. The number of halogens is 3. The standard InChI is InChI=1S/C12H17F3N2O2/c1-4-8-7-10(12(13,14)15)16-17(8)9(5-2)11(18)19-6-3/h7,9H,4-6H2,1-3H3/t9-/m1/s1. The zero-order chi connectivity index (χ0) is 14.6. The molecule has 0 amide bonds. The highest BCUT2D eigenvalue weighted by molar-refractivity contribution is 5.74. The largest absolute Gasteiger partial charge is 0.464 e. The van der Waals surface area contributed by atoms with E-state index in [-0.39, 0.29) is 6.61 Å². The maximum Gasteiger partial charge on any atom is 0.435 e. The van der Waals surface area contributed by atoms with Crippen molar-refractivity contribution >= 4 is 5.97 Å². The molecule has 0 aliphatic rings. The number of nitrogens with zero attached hydrogens (tertiary/aromatic N) is 2. The van der Waals surface area contributed by atoms with Crippen LogP contribution in [0.1, 0.15) is 44.6 Å². The van der Waals surface area contributed by atoms with Crippen molar-refractivity contribution in [1.29, 1.82) is 0 Å². The van der Waals surface area contributed by atoms with Gasteiger partial charge in [0, 0.05) is 5.69 Å². The molecule has 0 saturated heterocycles. The first-order chi connectivity index (χ1) is 8.85. The smallest absolute Gasteiger partial charge is 0.435 e. The predicted molar refractivity (Wildman–Crippen MR) is 62.6 cm³/mol. The van der Waals surface area contributed by atoms with Gasteiger partial charge >= 0.3 is 12.1 Å². The van der Waals surface area contributed by atoms with Crippen LogP contribution in [0, 0.1) is 0 Å². The topological polar surface area (TPSA) is 44.1 Å². The summed E-state index contributed by atoms with van der Waals surface area (Å²) in [5, 5.41) is 3.52. The molecule has 0 saturated carbocycles. The number of esters is 1. The molecule has 1 aromatic heterocycles. The maximum absolute atomic E-state index is 12.6. The minimum atomic E-state index is -4.51. The molecule has 1 rings (SSSR count). The summed E-state index contributed by atoms with van der Waals surface area (Å²) >= 11 is 0. The monoisotopic (exact) mass is 278 g/mol. The average molecular weight is 278 g/mol. The molecule has 7 heteroatoms. The molecule has 1 heterocycles. The SMILES string of the molecule is CCOC(=O)[C@@H](CC)n1nc(C(F)(F)F)cc1CC. The van der Waals surface area contributed by atoms with Gasteiger partial charge < -0.3 is 4.74 Å². The van der Waals surface area contributed by atoms with E-state index in [1.165, 1.54) is 0 Å². The quantitative estimate of drug-likeness (QED) is 0.778. The second-order valence-electron chi connectivity index (χ2n) is 3.99.